The van der Waals surface area contributed by atoms with Crippen LogP contribution in [0.1, 0.15) is 24.2 Å². The summed E-state index contributed by atoms with van der Waals surface area (Å²) in [6, 6.07) is 4.79. The number of ether oxygens (including phenoxy) is 5. The predicted molar refractivity (Wildman–Crippen MR) is 72.0 cm³/mol. The van der Waals surface area contributed by atoms with Crippen LogP contribution >= 0.6 is 0 Å². The molecule has 0 bridgehead atoms. The van der Waals surface area contributed by atoms with Crippen LogP contribution in [0.4, 0.5) is 0 Å². The fourth-order valence-electron chi connectivity index (χ4n) is 1.36. The molecular formula is C14H20O6. The van der Waals surface area contributed by atoms with Gasteiger partial charge in [-0.3, -0.25) is 0 Å². The van der Waals surface area contributed by atoms with Gasteiger partial charge >= 0.3 is 5.97 Å². The van der Waals surface area contributed by atoms with Crippen LogP contribution in [0.25, 0.3) is 0 Å². The van der Waals surface area contributed by atoms with E-state index in [0.717, 1.165) is 0 Å². The Bertz CT molecular complexity index is 390. The molecule has 0 aliphatic carbocycles. The lowest BCUT2D eigenvalue weighted by Crippen LogP contribution is -2.07. The van der Waals surface area contributed by atoms with E-state index in [-0.39, 0.29) is 13.6 Å². The van der Waals surface area contributed by atoms with Crippen LogP contribution in [0.2, 0.25) is 0 Å². The molecule has 112 valence electrons. The van der Waals surface area contributed by atoms with Gasteiger partial charge in [-0.25, -0.2) is 4.79 Å². The molecule has 1 aromatic rings. The first-order chi connectivity index (χ1) is 9.71. The Labute approximate surface area is 118 Å². The van der Waals surface area contributed by atoms with Crippen molar-refractivity contribution in [1.29, 1.82) is 0 Å². The Hall–Kier alpha value is -1.79. The molecule has 1 aromatic carbocycles. The van der Waals surface area contributed by atoms with Crippen LogP contribution < -0.4 is 9.47 Å². The van der Waals surface area contributed by atoms with Gasteiger partial charge in [-0.05, 0) is 26.0 Å². The van der Waals surface area contributed by atoms with E-state index in [1.54, 1.807) is 18.2 Å². The van der Waals surface area contributed by atoms with Crippen molar-refractivity contribution in [3.8, 4) is 11.5 Å². The molecule has 6 heteroatoms. The minimum absolute atomic E-state index is 0.103. The van der Waals surface area contributed by atoms with Gasteiger partial charge in [-0.1, -0.05) is 0 Å². The zero-order valence-corrected chi connectivity index (χ0v) is 12.0. The summed E-state index contributed by atoms with van der Waals surface area (Å²) in [5, 5.41) is 0. The molecule has 20 heavy (non-hydrogen) atoms. The highest BCUT2D eigenvalue weighted by atomic mass is 16.7. The molecule has 0 N–H and O–H groups in total. The number of benzene rings is 1. The van der Waals surface area contributed by atoms with Crippen LogP contribution in [0, 0.1) is 0 Å². The van der Waals surface area contributed by atoms with Crippen molar-refractivity contribution in [2.45, 2.75) is 13.8 Å². The standard InChI is InChI=1S/C14H20O6/c1-4-17-9-19-12-6-11(14(15)16-3)7-13(8-12)20-10-18-5-2/h6-8H,4-5,9-10H2,1-3H3. The SMILES string of the molecule is CCOCOc1cc(OCOCC)cc(C(=O)OC)c1. The maximum Gasteiger partial charge on any atom is 0.338 e. The molecule has 0 aliphatic heterocycles. The van der Waals surface area contributed by atoms with Gasteiger partial charge in [-0.15, -0.1) is 0 Å². The molecule has 0 atom stereocenters. The molecular weight excluding hydrogens is 264 g/mol. The largest absolute Gasteiger partial charge is 0.467 e. The van der Waals surface area contributed by atoms with E-state index < -0.39 is 5.97 Å². The maximum absolute atomic E-state index is 11.6. The Morgan fingerprint density at radius 2 is 1.45 bits per heavy atom. The number of hydrogen-bond donors (Lipinski definition) is 0. The Kier molecular flexibility index (Phi) is 7.46. The van der Waals surface area contributed by atoms with Crippen molar-refractivity contribution in [3.63, 3.8) is 0 Å². The topological polar surface area (TPSA) is 63.2 Å². The second-order valence-electron chi connectivity index (χ2n) is 3.69. The van der Waals surface area contributed by atoms with Crippen molar-refractivity contribution < 1.29 is 28.5 Å². The highest BCUT2D eigenvalue weighted by molar-refractivity contribution is 5.90. The number of carbonyl (C=O) groups is 1. The average molecular weight is 284 g/mol. The fourth-order valence-corrected chi connectivity index (χ4v) is 1.36. The van der Waals surface area contributed by atoms with Gasteiger partial charge in [0.15, 0.2) is 13.6 Å². The lowest BCUT2D eigenvalue weighted by atomic mass is 10.2. The zero-order valence-electron chi connectivity index (χ0n) is 12.0. The van der Waals surface area contributed by atoms with Gasteiger partial charge in [0.25, 0.3) is 0 Å². The first-order valence-corrected chi connectivity index (χ1v) is 6.35. The first kappa shape index (κ1) is 16.3. The van der Waals surface area contributed by atoms with E-state index in [1.165, 1.54) is 7.11 Å². The second-order valence-corrected chi connectivity index (χ2v) is 3.69. The van der Waals surface area contributed by atoms with E-state index in [9.17, 15) is 4.79 Å². The normalized spacial score (nSPS) is 10.2. The second kappa shape index (κ2) is 9.17. The third-order valence-corrected chi connectivity index (χ3v) is 2.33. The Morgan fingerprint density at radius 3 is 1.85 bits per heavy atom. The smallest absolute Gasteiger partial charge is 0.338 e. The molecule has 0 aliphatic rings. The fraction of sp³-hybridized carbons (Fsp3) is 0.500. The molecule has 0 heterocycles. The van der Waals surface area contributed by atoms with Crippen LogP contribution in [-0.2, 0) is 14.2 Å². The molecule has 1 rings (SSSR count). The highest BCUT2D eigenvalue weighted by Crippen LogP contribution is 2.23. The molecule has 0 unspecified atom stereocenters. The van der Waals surface area contributed by atoms with Gasteiger partial charge in [0.05, 0.1) is 12.7 Å². The van der Waals surface area contributed by atoms with Gasteiger partial charge in [0.2, 0.25) is 0 Å². The molecule has 6 nitrogen and oxygen atoms in total. The number of hydrogen-bond acceptors (Lipinski definition) is 6. The summed E-state index contributed by atoms with van der Waals surface area (Å²) in [5.74, 6) is 0.466. The summed E-state index contributed by atoms with van der Waals surface area (Å²) in [4.78, 5) is 11.6. The number of methoxy groups -OCH3 is 1. The molecule has 0 amide bonds. The summed E-state index contributed by atoms with van der Waals surface area (Å²) in [7, 11) is 1.32. The van der Waals surface area contributed by atoms with Crippen molar-refractivity contribution in [2.24, 2.45) is 0 Å². The van der Waals surface area contributed by atoms with Crippen molar-refractivity contribution in [1.82, 2.24) is 0 Å². The summed E-state index contributed by atoms with van der Waals surface area (Å²) < 4.78 is 25.6. The van der Waals surface area contributed by atoms with Gasteiger partial charge < -0.3 is 23.7 Å². The minimum Gasteiger partial charge on any atom is -0.467 e. The number of carbonyl (C=O) groups excluding carboxylic acids is 1. The van der Waals surface area contributed by atoms with Gasteiger partial charge in [-0.2, -0.15) is 0 Å². The van der Waals surface area contributed by atoms with E-state index in [4.69, 9.17) is 18.9 Å². The number of rotatable bonds is 9. The highest BCUT2D eigenvalue weighted by Gasteiger charge is 2.10. The summed E-state index contributed by atoms with van der Waals surface area (Å²) in [6.45, 7) is 5.03. The predicted octanol–water partition coefficient (Wildman–Crippen LogP) is 2.22. The summed E-state index contributed by atoms with van der Waals surface area (Å²) in [6.07, 6.45) is 0. The van der Waals surface area contributed by atoms with Crippen molar-refractivity contribution in [2.75, 3.05) is 33.9 Å². The third kappa shape index (κ3) is 5.46. The van der Waals surface area contributed by atoms with Crippen molar-refractivity contribution >= 4 is 5.97 Å². The molecule has 0 radical (unpaired) electrons. The van der Waals surface area contributed by atoms with Crippen LogP contribution in [0.15, 0.2) is 18.2 Å². The van der Waals surface area contributed by atoms with E-state index in [1.807, 2.05) is 13.8 Å². The van der Waals surface area contributed by atoms with E-state index >= 15 is 0 Å². The van der Waals surface area contributed by atoms with Crippen LogP contribution in [-0.4, -0.2) is 39.9 Å². The monoisotopic (exact) mass is 284 g/mol. The van der Waals surface area contributed by atoms with Crippen molar-refractivity contribution in [3.05, 3.63) is 23.8 Å². The molecule has 0 spiro atoms. The zero-order chi connectivity index (χ0) is 14.8. The van der Waals surface area contributed by atoms with Crippen LogP contribution in [0.3, 0.4) is 0 Å². The summed E-state index contributed by atoms with van der Waals surface area (Å²) in [5.41, 5.74) is 0.341. The van der Waals surface area contributed by atoms with Crippen LogP contribution in [0.5, 0.6) is 11.5 Å². The molecule has 0 saturated heterocycles. The quantitative estimate of drug-likeness (QED) is 0.393. The Balaban J connectivity index is 2.80. The van der Waals surface area contributed by atoms with Gasteiger partial charge in [0, 0.05) is 19.3 Å². The molecule has 0 aromatic heterocycles. The average Bonchev–Trinajstić information content (AvgIpc) is 2.47. The van der Waals surface area contributed by atoms with E-state index in [0.29, 0.717) is 30.3 Å². The first-order valence-electron chi connectivity index (χ1n) is 6.35. The lowest BCUT2D eigenvalue weighted by Gasteiger charge is -2.11. The minimum atomic E-state index is -0.465. The Morgan fingerprint density at radius 1 is 0.950 bits per heavy atom. The lowest BCUT2D eigenvalue weighted by molar-refractivity contribution is 0.0179. The summed E-state index contributed by atoms with van der Waals surface area (Å²) >= 11 is 0. The third-order valence-electron chi connectivity index (χ3n) is 2.33. The van der Waals surface area contributed by atoms with Gasteiger partial charge in [0.1, 0.15) is 11.5 Å². The molecule has 0 saturated carbocycles. The molecule has 0 fully saturated rings. The van der Waals surface area contributed by atoms with E-state index in [2.05, 4.69) is 4.74 Å². The number of esters is 1. The maximum atomic E-state index is 11.6.